The van der Waals surface area contributed by atoms with Crippen molar-refractivity contribution in [2.24, 2.45) is 13.0 Å². The average Bonchev–Trinajstić information content (AvgIpc) is 2.78. The molecule has 0 unspecified atom stereocenters. The third kappa shape index (κ3) is 3.33. The summed E-state index contributed by atoms with van der Waals surface area (Å²) in [5.41, 5.74) is 1.44. The van der Waals surface area contributed by atoms with Crippen molar-refractivity contribution in [1.82, 2.24) is 19.4 Å². The van der Waals surface area contributed by atoms with E-state index in [1.165, 1.54) is 43.9 Å². The summed E-state index contributed by atoms with van der Waals surface area (Å²) in [5.74, 6) is 1.98. The predicted octanol–water partition coefficient (Wildman–Crippen LogP) is 2.52. The van der Waals surface area contributed by atoms with E-state index >= 15 is 0 Å². The van der Waals surface area contributed by atoms with Crippen LogP contribution >= 0.6 is 0 Å². The monoisotopic (exact) mass is 310 g/mol. The Morgan fingerprint density at radius 3 is 2.70 bits per heavy atom. The Balaban J connectivity index is 1.45. The summed E-state index contributed by atoms with van der Waals surface area (Å²) in [6.45, 7) is 5.72. The van der Waals surface area contributed by atoms with Crippen molar-refractivity contribution in [3.8, 4) is 0 Å². The number of rotatable bonds is 4. The van der Waals surface area contributed by atoms with Gasteiger partial charge in [-0.25, -0.2) is 4.98 Å². The third-order valence-electron chi connectivity index (χ3n) is 5.42. The van der Waals surface area contributed by atoms with E-state index in [1.807, 2.05) is 12.4 Å². The van der Waals surface area contributed by atoms with Gasteiger partial charge in [-0.3, -0.25) is 9.80 Å². The van der Waals surface area contributed by atoms with Crippen LogP contribution in [0.5, 0.6) is 0 Å². The molecule has 0 spiro atoms. The Kier molecular flexibility index (Phi) is 4.19. The Hall–Kier alpha value is -1.65. The van der Waals surface area contributed by atoms with Crippen LogP contribution in [0.25, 0.3) is 0 Å². The molecule has 0 N–H and O–H groups in total. The van der Waals surface area contributed by atoms with Gasteiger partial charge in [0.15, 0.2) is 0 Å². The van der Waals surface area contributed by atoms with Gasteiger partial charge in [-0.15, -0.1) is 0 Å². The molecule has 0 radical (unpaired) electrons. The Morgan fingerprint density at radius 2 is 1.91 bits per heavy atom. The summed E-state index contributed by atoms with van der Waals surface area (Å²) in [5, 5.41) is 0. The normalized spacial score (nSPS) is 25.6. The highest BCUT2D eigenvalue weighted by atomic mass is 15.3. The summed E-state index contributed by atoms with van der Waals surface area (Å²) in [4.78, 5) is 9.84. The number of aryl methyl sites for hydroxylation is 1. The van der Waals surface area contributed by atoms with Gasteiger partial charge in [-0.1, -0.05) is 30.3 Å². The number of hydrogen-bond donors (Lipinski definition) is 0. The van der Waals surface area contributed by atoms with Crippen molar-refractivity contribution < 1.29 is 0 Å². The fourth-order valence-corrected chi connectivity index (χ4v) is 4.17. The highest BCUT2D eigenvalue weighted by molar-refractivity contribution is 5.15. The first-order valence-electron chi connectivity index (χ1n) is 8.74. The number of nitrogens with zero attached hydrogens (tertiary/aromatic N) is 4. The second kappa shape index (κ2) is 6.46. The summed E-state index contributed by atoms with van der Waals surface area (Å²) < 4.78 is 2.15. The molecule has 122 valence electrons. The van der Waals surface area contributed by atoms with E-state index < -0.39 is 0 Å². The molecule has 3 aliphatic heterocycles. The average molecular weight is 310 g/mol. The molecule has 1 aromatic heterocycles. The molecule has 0 saturated carbocycles. The van der Waals surface area contributed by atoms with Gasteiger partial charge in [0.2, 0.25) is 0 Å². The molecule has 4 heterocycles. The Morgan fingerprint density at radius 1 is 1.04 bits per heavy atom. The zero-order chi connectivity index (χ0) is 15.6. The largest absolute Gasteiger partial charge is 0.337 e. The van der Waals surface area contributed by atoms with E-state index in [0.29, 0.717) is 6.04 Å². The molecular weight excluding hydrogens is 284 g/mol. The van der Waals surface area contributed by atoms with Crippen LogP contribution in [0.2, 0.25) is 0 Å². The maximum atomic E-state index is 4.51. The van der Waals surface area contributed by atoms with E-state index in [2.05, 4.69) is 56.7 Å². The molecule has 5 rings (SSSR count). The van der Waals surface area contributed by atoms with Crippen molar-refractivity contribution in [3.63, 3.8) is 0 Å². The molecule has 23 heavy (non-hydrogen) atoms. The standard InChI is InChI=1S/C19H26N4/c1-21-10-9-20-19(21)15-22-11-17-7-8-18(14-22)23(13-17)12-16-5-3-2-4-6-16/h2-6,9-10,17-18H,7-8,11-15H2,1H3/t17-,18+/m0/s1. The summed E-state index contributed by atoms with van der Waals surface area (Å²) >= 11 is 0. The minimum absolute atomic E-state index is 0.689. The van der Waals surface area contributed by atoms with Gasteiger partial charge in [0.05, 0.1) is 6.54 Å². The molecule has 0 amide bonds. The van der Waals surface area contributed by atoms with Crippen LogP contribution < -0.4 is 0 Å². The zero-order valence-corrected chi connectivity index (χ0v) is 13.9. The first-order chi connectivity index (χ1) is 11.3. The lowest BCUT2D eigenvalue weighted by molar-refractivity contribution is 0.123. The molecular formula is C19H26N4. The SMILES string of the molecule is Cn1ccnc1CN1C[C@@H]2CC[C@H](C1)N(Cc1ccccc1)C2. The molecule has 3 fully saturated rings. The number of imidazole rings is 1. The minimum atomic E-state index is 0.689. The first-order valence-corrected chi connectivity index (χ1v) is 8.74. The topological polar surface area (TPSA) is 24.3 Å². The lowest BCUT2D eigenvalue weighted by atomic mass is 9.94. The fraction of sp³-hybridized carbons (Fsp3) is 0.526. The Bertz CT molecular complexity index is 636. The van der Waals surface area contributed by atoms with Crippen LogP contribution in [0.15, 0.2) is 42.7 Å². The van der Waals surface area contributed by atoms with E-state index in [9.17, 15) is 0 Å². The second-order valence-corrected chi connectivity index (χ2v) is 7.16. The quantitative estimate of drug-likeness (QED) is 0.867. The van der Waals surface area contributed by atoms with E-state index in [4.69, 9.17) is 0 Å². The summed E-state index contributed by atoms with van der Waals surface area (Å²) in [7, 11) is 2.09. The van der Waals surface area contributed by atoms with Gasteiger partial charge in [0.1, 0.15) is 5.82 Å². The molecule has 4 heteroatoms. The minimum Gasteiger partial charge on any atom is -0.337 e. The van der Waals surface area contributed by atoms with E-state index in [1.54, 1.807) is 0 Å². The fourth-order valence-electron chi connectivity index (χ4n) is 4.17. The van der Waals surface area contributed by atoms with Crippen LogP contribution in [0, 0.1) is 5.92 Å². The van der Waals surface area contributed by atoms with Crippen molar-refractivity contribution >= 4 is 0 Å². The smallest absolute Gasteiger partial charge is 0.122 e. The van der Waals surface area contributed by atoms with Crippen molar-refractivity contribution in [3.05, 3.63) is 54.1 Å². The van der Waals surface area contributed by atoms with Gasteiger partial charge in [0, 0.05) is 51.7 Å². The lowest BCUT2D eigenvalue weighted by Crippen LogP contribution is -2.43. The zero-order valence-electron chi connectivity index (χ0n) is 13.9. The molecule has 2 atom stereocenters. The van der Waals surface area contributed by atoms with Crippen LogP contribution in [0.3, 0.4) is 0 Å². The first kappa shape index (κ1) is 14.9. The highest BCUT2D eigenvalue weighted by Crippen LogP contribution is 2.29. The van der Waals surface area contributed by atoms with Gasteiger partial charge in [0.25, 0.3) is 0 Å². The second-order valence-electron chi connectivity index (χ2n) is 7.16. The van der Waals surface area contributed by atoms with Gasteiger partial charge >= 0.3 is 0 Å². The molecule has 0 aliphatic carbocycles. The van der Waals surface area contributed by atoms with E-state index in [-0.39, 0.29) is 0 Å². The van der Waals surface area contributed by atoms with Crippen LogP contribution in [-0.4, -0.2) is 45.0 Å². The predicted molar refractivity (Wildman–Crippen MR) is 91.8 cm³/mol. The molecule has 4 nitrogen and oxygen atoms in total. The maximum Gasteiger partial charge on any atom is 0.122 e. The van der Waals surface area contributed by atoms with Crippen molar-refractivity contribution in [2.45, 2.75) is 32.0 Å². The van der Waals surface area contributed by atoms with Gasteiger partial charge in [-0.05, 0) is 24.3 Å². The number of piperidine rings is 1. The molecule has 2 aromatic rings. The third-order valence-corrected chi connectivity index (χ3v) is 5.42. The highest BCUT2D eigenvalue weighted by Gasteiger charge is 2.34. The van der Waals surface area contributed by atoms with Crippen LogP contribution in [-0.2, 0) is 20.1 Å². The molecule has 3 saturated heterocycles. The van der Waals surface area contributed by atoms with Crippen LogP contribution in [0.1, 0.15) is 24.2 Å². The van der Waals surface area contributed by atoms with Gasteiger partial charge in [-0.2, -0.15) is 0 Å². The molecule has 1 aromatic carbocycles. The summed E-state index contributed by atoms with van der Waals surface area (Å²) in [6, 6.07) is 11.6. The number of hydrogen-bond acceptors (Lipinski definition) is 3. The van der Waals surface area contributed by atoms with Crippen molar-refractivity contribution in [2.75, 3.05) is 19.6 Å². The number of fused-ring (bicyclic) bond motifs is 4. The molecule has 3 aliphatic rings. The molecule has 2 bridgehead atoms. The Labute approximate surface area is 138 Å². The van der Waals surface area contributed by atoms with Crippen molar-refractivity contribution in [1.29, 1.82) is 0 Å². The van der Waals surface area contributed by atoms with E-state index in [0.717, 1.165) is 19.0 Å². The van der Waals surface area contributed by atoms with Gasteiger partial charge < -0.3 is 4.57 Å². The summed E-state index contributed by atoms with van der Waals surface area (Å²) in [6.07, 6.45) is 6.68. The lowest BCUT2D eigenvalue weighted by Gasteiger charge is -2.36. The number of benzene rings is 1. The van der Waals surface area contributed by atoms with Crippen LogP contribution in [0.4, 0.5) is 0 Å². The maximum absolute atomic E-state index is 4.51. The number of aromatic nitrogens is 2.